The standard InChI is InChI=1S/C20H21BrIN3O3/c21-18-11-16(12-23-24-20(26)13-25-7-9-27-10-8-25)3-6-19(18)28-14-15-1-4-17(22)5-2-15/h1-6,11-12H,7-10,13-14H2,(H,24,26)/b23-12+. The van der Waals surface area contributed by atoms with Crippen molar-refractivity contribution in [3.63, 3.8) is 0 Å². The Hall–Kier alpha value is -1.49. The van der Waals surface area contributed by atoms with E-state index in [9.17, 15) is 4.79 Å². The van der Waals surface area contributed by atoms with Gasteiger partial charge in [-0.15, -0.1) is 0 Å². The molecule has 0 atom stereocenters. The quantitative estimate of drug-likeness (QED) is 0.322. The van der Waals surface area contributed by atoms with Gasteiger partial charge in [0.1, 0.15) is 12.4 Å². The Labute approximate surface area is 186 Å². The van der Waals surface area contributed by atoms with Crippen LogP contribution in [-0.4, -0.2) is 49.9 Å². The van der Waals surface area contributed by atoms with Crippen LogP contribution in [0.15, 0.2) is 52.0 Å². The van der Waals surface area contributed by atoms with Crippen molar-refractivity contribution in [2.45, 2.75) is 6.61 Å². The Bertz CT molecular complexity index is 824. The third-order valence-corrected chi connectivity index (χ3v) is 5.48. The Balaban J connectivity index is 1.48. The molecule has 2 aromatic carbocycles. The highest BCUT2D eigenvalue weighted by Gasteiger charge is 2.13. The lowest BCUT2D eigenvalue weighted by Gasteiger charge is -2.25. The van der Waals surface area contributed by atoms with Gasteiger partial charge in [0.15, 0.2) is 0 Å². The van der Waals surface area contributed by atoms with Gasteiger partial charge < -0.3 is 9.47 Å². The number of benzene rings is 2. The van der Waals surface area contributed by atoms with Gasteiger partial charge in [0.2, 0.25) is 0 Å². The van der Waals surface area contributed by atoms with E-state index >= 15 is 0 Å². The van der Waals surface area contributed by atoms with Crippen LogP contribution in [-0.2, 0) is 16.1 Å². The van der Waals surface area contributed by atoms with Gasteiger partial charge in [-0.05, 0) is 80.0 Å². The van der Waals surface area contributed by atoms with Crippen molar-refractivity contribution in [3.8, 4) is 5.75 Å². The molecule has 148 valence electrons. The summed E-state index contributed by atoms with van der Waals surface area (Å²) in [6, 6.07) is 13.9. The van der Waals surface area contributed by atoms with Crippen molar-refractivity contribution < 1.29 is 14.3 Å². The summed E-state index contributed by atoms with van der Waals surface area (Å²) < 4.78 is 13.2. The van der Waals surface area contributed by atoms with Crippen molar-refractivity contribution in [2.75, 3.05) is 32.8 Å². The molecule has 1 saturated heterocycles. The fourth-order valence-corrected chi connectivity index (χ4v) is 3.50. The second-order valence-electron chi connectivity index (χ2n) is 6.29. The minimum atomic E-state index is -0.130. The molecule has 8 heteroatoms. The largest absolute Gasteiger partial charge is 0.488 e. The average molecular weight is 558 g/mol. The van der Waals surface area contributed by atoms with Gasteiger partial charge >= 0.3 is 0 Å². The van der Waals surface area contributed by atoms with E-state index in [1.54, 1.807) is 6.21 Å². The lowest BCUT2D eigenvalue weighted by molar-refractivity contribution is -0.123. The van der Waals surface area contributed by atoms with Crippen LogP contribution in [0.5, 0.6) is 5.75 Å². The van der Waals surface area contributed by atoms with Gasteiger partial charge in [-0.1, -0.05) is 12.1 Å². The zero-order valence-corrected chi connectivity index (χ0v) is 19.0. The highest BCUT2D eigenvalue weighted by molar-refractivity contribution is 14.1. The summed E-state index contributed by atoms with van der Waals surface area (Å²) in [6.07, 6.45) is 1.62. The van der Waals surface area contributed by atoms with E-state index in [4.69, 9.17) is 9.47 Å². The molecule has 0 aliphatic carbocycles. The zero-order valence-electron chi connectivity index (χ0n) is 15.2. The maximum absolute atomic E-state index is 11.9. The zero-order chi connectivity index (χ0) is 19.8. The second kappa shape index (κ2) is 10.9. The molecule has 1 heterocycles. The number of rotatable bonds is 7. The van der Waals surface area contributed by atoms with Crippen molar-refractivity contribution in [2.24, 2.45) is 5.10 Å². The highest BCUT2D eigenvalue weighted by Crippen LogP contribution is 2.26. The first-order valence-electron chi connectivity index (χ1n) is 8.89. The van der Waals surface area contributed by atoms with Crippen LogP contribution < -0.4 is 10.2 Å². The molecule has 28 heavy (non-hydrogen) atoms. The molecular formula is C20H21BrIN3O3. The smallest absolute Gasteiger partial charge is 0.254 e. The number of amides is 1. The Morgan fingerprint density at radius 1 is 1.25 bits per heavy atom. The number of nitrogens with zero attached hydrogens (tertiary/aromatic N) is 2. The number of hydrogen-bond donors (Lipinski definition) is 1. The Morgan fingerprint density at radius 3 is 2.71 bits per heavy atom. The van der Waals surface area contributed by atoms with Gasteiger partial charge in [0, 0.05) is 16.7 Å². The van der Waals surface area contributed by atoms with E-state index < -0.39 is 0 Å². The fraction of sp³-hybridized carbons (Fsp3) is 0.300. The molecule has 1 aliphatic rings. The number of nitrogens with one attached hydrogen (secondary N) is 1. The van der Waals surface area contributed by atoms with Crippen LogP contribution >= 0.6 is 38.5 Å². The maximum atomic E-state index is 11.9. The van der Waals surface area contributed by atoms with E-state index in [-0.39, 0.29) is 5.91 Å². The molecule has 1 fully saturated rings. The lowest BCUT2D eigenvalue weighted by Crippen LogP contribution is -2.42. The van der Waals surface area contributed by atoms with E-state index in [2.05, 4.69) is 73.3 Å². The molecule has 0 unspecified atom stereocenters. The summed E-state index contributed by atoms with van der Waals surface area (Å²) in [5.41, 5.74) is 4.54. The summed E-state index contributed by atoms with van der Waals surface area (Å²) in [5, 5.41) is 4.03. The molecule has 1 amide bonds. The predicted octanol–water partition coefficient (Wildman–Crippen LogP) is 3.42. The number of hydrogen-bond acceptors (Lipinski definition) is 5. The number of morpholine rings is 1. The van der Waals surface area contributed by atoms with Crippen LogP contribution in [0.2, 0.25) is 0 Å². The molecule has 6 nitrogen and oxygen atoms in total. The molecule has 2 aromatic rings. The average Bonchev–Trinajstić information content (AvgIpc) is 2.69. The molecule has 0 radical (unpaired) electrons. The van der Waals surface area contributed by atoms with Crippen LogP contribution in [0.4, 0.5) is 0 Å². The summed E-state index contributed by atoms with van der Waals surface area (Å²) in [7, 11) is 0. The van der Waals surface area contributed by atoms with E-state index in [1.165, 1.54) is 3.57 Å². The summed E-state index contributed by atoms with van der Waals surface area (Å²) in [6.45, 7) is 3.71. The number of hydrazone groups is 1. The van der Waals surface area contributed by atoms with Crippen molar-refractivity contribution >= 4 is 50.6 Å². The normalized spacial score (nSPS) is 14.9. The van der Waals surface area contributed by atoms with Crippen molar-refractivity contribution in [1.82, 2.24) is 10.3 Å². The SMILES string of the molecule is O=C(CN1CCOCC1)N/N=C/c1ccc(OCc2ccc(I)cc2)c(Br)c1. The van der Waals surface area contributed by atoms with Gasteiger partial charge in [-0.3, -0.25) is 9.69 Å². The summed E-state index contributed by atoms with van der Waals surface area (Å²) in [4.78, 5) is 14.0. The Morgan fingerprint density at radius 2 is 2.00 bits per heavy atom. The highest BCUT2D eigenvalue weighted by atomic mass is 127. The monoisotopic (exact) mass is 557 g/mol. The number of ether oxygens (including phenoxy) is 2. The van der Waals surface area contributed by atoms with E-state index in [0.29, 0.717) is 26.4 Å². The summed E-state index contributed by atoms with van der Waals surface area (Å²) in [5.74, 6) is 0.627. The first-order valence-corrected chi connectivity index (χ1v) is 10.8. The van der Waals surface area contributed by atoms with E-state index in [1.807, 2.05) is 23.1 Å². The van der Waals surface area contributed by atoms with Gasteiger partial charge in [0.05, 0.1) is 30.4 Å². The molecule has 0 saturated carbocycles. The van der Waals surface area contributed by atoms with Gasteiger partial charge in [-0.25, -0.2) is 5.43 Å². The van der Waals surface area contributed by atoms with Crippen molar-refractivity contribution in [1.29, 1.82) is 0 Å². The molecule has 1 aliphatic heterocycles. The maximum Gasteiger partial charge on any atom is 0.254 e. The topological polar surface area (TPSA) is 63.2 Å². The van der Waals surface area contributed by atoms with Crippen LogP contribution in [0, 0.1) is 3.57 Å². The van der Waals surface area contributed by atoms with Gasteiger partial charge in [0.25, 0.3) is 5.91 Å². The minimum absolute atomic E-state index is 0.130. The molecule has 0 spiro atoms. The second-order valence-corrected chi connectivity index (χ2v) is 8.39. The number of carbonyl (C=O) groups excluding carboxylic acids is 1. The third-order valence-electron chi connectivity index (χ3n) is 4.14. The van der Waals surface area contributed by atoms with Crippen molar-refractivity contribution in [3.05, 3.63) is 61.6 Å². The molecule has 1 N–H and O–H groups in total. The molecule has 3 rings (SSSR count). The third kappa shape index (κ3) is 6.84. The summed E-state index contributed by atoms with van der Waals surface area (Å²) >= 11 is 5.80. The van der Waals surface area contributed by atoms with Crippen LogP contribution in [0.25, 0.3) is 0 Å². The van der Waals surface area contributed by atoms with Gasteiger partial charge in [-0.2, -0.15) is 5.10 Å². The molecule has 0 aromatic heterocycles. The first kappa shape index (κ1) is 21.2. The van der Waals surface area contributed by atoms with Crippen LogP contribution in [0.1, 0.15) is 11.1 Å². The minimum Gasteiger partial charge on any atom is -0.488 e. The van der Waals surface area contributed by atoms with E-state index in [0.717, 1.165) is 34.4 Å². The molecular weight excluding hydrogens is 537 g/mol. The number of halogens is 2. The Kier molecular flexibility index (Phi) is 8.26. The number of carbonyl (C=O) groups is 1. The fourth-order valence-electron chi connectivity index (χ4n) is 2.63. The molecule has 0 bridgehead atoms. The van der Waals surface area contributed by atoms with Crippen LogP contribution in [0.3, 0.4) is 0 Å². The predicted molar refractivity (Wildman–Crippen MR) is 121 cm³/mol. The lowest BCUT2D eigenvalue weighted by atomic mass is 10.2. The first-order chi connectivity index (χ1) is 13.6.